The minimum absolute atomic E-state index is 0.191. The Morgan fingerprint density at radius 2 is 2.22 bits per heavy atom. The van der Waals surface area contributed by atoms with E-state index in [0.29, 0.717) is 5.02 Å². The van der Waals surface area contributed by atoms with Gasteiger partial charge in [0.15, 0.2) is 0 Å². The number of nitrogens with one attached hydrogen (secondary N) is 1. The van der Waals surface area contributed by atoms with E-state index in [1.54, 1.807) is 0 Å². The molecule has 1 aliphatic heterocycles. The molecule has 6 heteroatoms. The third-order valence-corrected chi connectivity index (χ3v) is 4.93. The average molecular weight is 404 g/mol. The lowest BCUT2D eigenvalue weighted by molar-refractivity contribution is 0.0226. The molecule has 0 aliphatic carbocycles. The lowest BCUT2D eigenvalue weighted by Crippen LogP contribution is -2.44. The fourth-order valence-electron chi connectivity index (χ4n) is 2.64. The van der Waals surface area contributed by atoms with E-state index in [0.717, 1.165) is 42.5 Å². The van der Waals surface area contributed by atoms with Gasteiger partial charge in [-0.3, -0.25) is 0 Å². The van der Waals surface area contributed by atoms with Crippen LogP contribution in [0.4, 0.5) is 4.79 Å². The van der Waals surface area contributed by atoms with Gasteiger partial charge in [-0.15, -0.1) is 0 Å². The standard InChI is InChI=1S/C17H24BrClN2O2/c1-17(2,3)23-16(22)21-8-4-5-13(21)11-20-10-12-6-7-14(18)15(19)9-12/h6-7,9,13,20H,4-5,8,10-11H2,1-3H3. The summed E-state index contributed by atoms with van der Waals surface area (Å²) < 4.78 is 6.38. The number of carbonyl (C=O) groups is 1. The van der Waals surface area contributed by atoms with Crippen LogP contribution in [0, 0.1) is 0 Å². The van der Waals surface area contributed by atoms with Crippen LogP contribution < -0.4 is 5.32 Å². The zero-order valence-electron chi connectivity index (χ0n) is 13.9. The molecule has 0 radical (unpaired) electrons. The van der Waals surface area contributed by atoms with E-state index in [1.807, 2.05) is 43.9 Å². The van der Waals surface area contributed by atoms with Crippen LogP contribution in [-0.2, 0) is 11.3 Å². The topological polar surface area (TPSA) is 41.6 Å². The molecule has 4 nitrogen and oxygen atoms in total. The summed E-state index contributed by atoms with van der Waals surface area (Å²) in [7, 11) is 0. The maximum Gasteiger partial charge on any atom is 0.410 e. The quantitative estimate of drug-likeness (QED) is 0.799. The van der Waals surface area contributed by atoms with Crippen molar-refractivity contribution in [1.29, 1.82) is 0 Å². The van der Waals surface area contributed by atoms with Gasteiger partial charge in [0.05, 0.1) is 5.02 Å². The molecule has 1 aromatic carbocycles. The Balaban J connectivity index is 1.84. The van der Waals surface area contributed by atoms with Gasteiger partial charge in [0, 0.05) is 30.1 Å². The summed E-state index contributed by atoms with van der Waals surface area (Å²) in [6.07, 6.45) is 1.82. The Bertz CT molecular complexity index is 560. The molecule has 1 amide bonds. The predicted molar refractivity (Wildman–Crippen MR) is 96.8 cm³/mol. The number of nitrogens with zero attached hydrogens (tertiary/aromatic N) is 1. The molecule has 1 saturated heterocycles. The Kier molecular flexibility index (Phi) is 6.34. The summed E-state index contributed by atoms with van der Waals surface area (Å²) >= 11 is 9.49. The molecule has 0 aromatic heterocycles. The molecule has 1 aliphatic rings. The van der Waals surface area contributed by atoms with Crippen LogP contribution in [0.3, 0.4) is 0 Å². The molecular formula is C17H24BrClN2O2. The van der Waals surface area contributed by atoms with Crippen molar-refractivity contribution in [3.63, 3.8) is 0 Å². The number of hydrogen-bond donors (Lipinski definition) is 1. The van der Waals surface area contributed by atoms with Crippen molar-refractivity contribution in [3.8, 4) is 0 Å². The van der Waals surface area contributed by atoms with Gasteiger partial charge in [-0.1, -0.05) is 17.7 Å². The van der Waals surface area contributed by atoms with Gasteiger partial charge in [0.1, 0.15) is 5.60 Å². The molecule has 1 aromatic rings. The molecule has 1 atom stereocenters. The van der Waals surface area contributed by atoms with Gasteiger partial charge < -0.3 is 15.0 Å². The normalized spacial score (nSPS) is 18.3. The van der Waals surface area contributed by atoms with Crippen LogP contribution >= 0.6 is 27.5 Å². The lowest BCUT2D eigenvalue weighted by atomic mass is 10.2. The second-order valence-electron chi connectivity index (χ2n) is 6.85. The molecule has 128 valence electrons. The molecule has 1 heterocycles. The van der Waals surface area contributed by atoms with Crippen LogP contribution in [0.5, 0.6) is 0 Å². The number of carbonyl (C=O) groups excluding carboxylic acids is 1. The Labute approximate surface area is 151 Å². The highest BCUT2D eigenvalue weighted by Gasteiger charge is 2.31. The van der Waals surface area contributed by atoms with Gasteiger partial charge in [-0.2, -0.15) is 0 Å². The summed E-state index contributed by atoms with van der Waals surface area (Å²) in [5, 5.41) is 4.12. The summed E-state index contributed by atoms with van der Waals surface area (Å²) in [6.45, 7) is 7.94. The molecule has 23 heavy (non-hydrogen) atoms. The minimum atomic E-state index is -0.453. The number of likely N-dealkylation sites (tertiary alicyclic amines) is 1. The Hall–Kier alpha value is -0.780. The van der Waals surface area contributed by atoms with E-state index < -0.39 is 5.60 Å². The van der Waals surface area contributed by atoms with Crippen molar-refractivity contribution in [1.82, 2.24) is 10.2 Å². The first-order chi connectivity index (χ1) is 10.8. The first kappa shape index (κ1) is 18.6. The SMILES string of the molecule is CC(C)(C)OC(=O)N1CCCC1CNCc1ccc(Br)c(Cl)c1. The zero-order chi connectivity index (χ0) is 17.0. The predicted octanol–water partition coefficient (Wildman–Crippen LogP) is 4.59. The molecule has 1 unspecified atom stereocenters. The maximum atomic E-state index is 12.2. The van der Waals surface area contributed by atoms with E-state index in [-0.39, 0.29) is 12.1 Å². The minimum Gasteiger partial charge on any atom is -0.444 e. The average Bonchev–Trinajstić information content (AvgIpc) is 2.89. The van der Waals surface area contributed by atoms with E-state index in [2.05, 4.69) is 21.2 Å². The fourth-order valence-corrected chi connectivity index (χ4v) is 3.09. The number of halogens is 2. The highest BCUT2D eigenvalue weighted by molar-refractivity contribution is 9.10. The summed E-state index contributed by atoms with van der Waals surface area (Å²) in [5.41, 5.74) is 0.672. The maximum absolute atomic E-state index is 12.2. The van der Waals surface area contributed by atoms with Gasteiger partial charge in [0.2, 0.25) is 0 Å². The van der Waals surface area contributed by atoms with Crippen LogP contribution in [0.15, 0.2) is 22.7 Å². The molecule has 0 spiro atoms. The van der Waals surface area contributed by atoms with E-state index >= 15 is 0 Å². The van der Waals surface area contributed by atoms with E-state index in [9.17, 15) is 4.79 Å². The smallest absolute Gasteiger partial charge is 0.410 e. The van der Waals surface area contributed by atoms with Gasteiger partial charge in [-0.05, 0) is 67.2 Å². The molecule has 2 rings (SSSR count). The Morgan fingerprint density at radius 1 is 1.48 bits per heavy atom. The van der Waals surface area contributed by atoms with Crippen molar-refractivity contribution < 1.29 is 9.53 Å². The van der Waals surface area contributed by atoms with Crippen LogP contribution in [0.2, 0.25) is 5.02 Å². The Morgan fingerprint density at radius 3 is 2.87 bits per heavy atom. The van der Waals surface area contributed by atoms with Gasteiger partial charge >= 0.3 is 6.09 Å². The van der Waals surface area contributed by atoms with Crippen molar-refractivity contribution in [3.05, 3.63) is 33.3 Å². The van der Waals surface area contributed by atoms with Crippen LogP contribution in [0.25, 0.3) is 0 Å². The third-order valence-electron chi connectivity index (χ3n) is 3.70. The number of hydrogen-bond acceptors (Lipinski definition) is 3. The zero-order valence-corrected chi connectivity index (χ0v) is 16.2. The second kappa shape index (κ2) is 7.86. The van der Waals surface area contributed by atoms with Crippen LogP contribution in [-0.4, -0.2) is 35.7 Å². The molecule has 1 fully saturated rings. The second-order valence-corrected chi connectivity index (χ2v) is 8.11. The molecule has 0 saturated carbocycles. The highest BCUT2D eigenvalue weighted by Crippen LogP contribution is 2.23. The number of benzene rings is 1. The number of ether oxygens (including phenoxy) is 1. The largest absolute Gasteiger partial charge is 0.444 e. The summed E-state index contributed by atoms with van der Waals surface area (Å²) in [4.78, 5) is 14.1. The number of amides is 1. The first-order valence-electron chi connectivity index (χ1n) is 7.90. The summed E-state index contributed by atoms with van der Waals surface area (Å²) in [5.74, 6) is 0. The van der Waals surface area contributed by atoms with E-state index in [4.69, 9.17) is 16.3 Å². The van der Waals surface area contributed by atoms with Crippen molar-refractivity contribution in [2.75, 3.05) is 13.1 Å². The van der Waals surface area contributed by atoms with Crippen molar-refractivity contribution in [2.24, 2.45) is 0 Å². The first-order valence-corrected chi connectivity index (χ1v) is 9.07. The van der Waals surface area contributed by atoms with E-state index in [1.165, 1.54) is 0 Å². The number of rotatable bonds is 4. The summed E-state index contributed by atoms with van der Waals surface area (Å²) in [6, 6.07) is 6.11. The van der Waals surface area contributed by atoms with Crippen LogP contribution in [0.1, 0.15) is 39.2 Å². The highest BCUT2D eigenvalue weighted by atomic mass is 79.9. The lowest BCUT2D eigenvalue weighted by Gasteiger charge is -2.28. The van der Waals surface area contributed by atoms with Crippen molar-refractivity contribution in [2.45, 2.75) is 51.8 Å². The molecular weight excluding hydrogens is 380 g/mol. The monoisotopic (exact) mass is 402 g/mol. The van der Waals surface area contributed by atoms with Crippen molar-refractivity contribution >= 4 is 33.6 Å². The van der Waals surface area contributed by atoms with Gasteiger partial charge in [-0.25, -0.2) is 4.79 Å². The van der Waals surface area contributed by atoms with Gasteiger partial charge in [0.25, 0.3) is 0 Å². The fraction of sp³-hybridized carbons (Fsp3) is 0.588. The third kappa shape index (κ3) is 5.66. The molecule has 1 N–H and O–H groups in total. The molecule has 0 bridgehead atoms.